The van der Waals surface area contributed by atoms with E-state index in [0.29, 0.717) is 18.2 Å². The maximum atomic E-state index is 9.89. The highest BCUT2D eigenvalue weighted by molar-refractivity contribution is 5.41. The molecule has 0 aliphatic rings. The van der Waals surface area contributed by atoms with Gasteiger partial charge in [-0.2, -0.15) is 5.48 Å². The molecule has 0 aliphatic carbocycles. The Kier molecular flexibility index (Phi) is 3.92. The minimum atomic E-state index is 0.331. The molecule has 0 aromatic heterocycles. The van der Waals surface area contributed by atoms with E-state index in [9.17, 15) is 5.11 Å². The van der Waals surface area contributed by atoms with Gasteiger partial charge >= 0.3 is 0 Å². The highest BCUT2D eigenvalue weighted by Crippen LogP contribution is 2.28. The third-order valence-electron chi connectivity index (χ3n) is 2.18. The van der Waals surface area contributed by atoms with Crippen LogP contribution in [0.25, 0.3) is 0 Å². The molecule has 1 rings (SSSR count). The number of phenolic OH excluding ortho intramolecular Hbond substituents is 1. The lowest BCUT2D eigenvalue weighted by atomic mass is 9.99. The van der Waals surface area contributed by atoms with Crippen molar-refractivity contribution in [2.45, 2.75) is 26.3 Å². The molecule has 0 amide bonds. The minimum Gasteiger partial charge on any atom is -0.507 e. The number of hydrogen-bond acceptors (Lipinski definition) is 3. The first-order chi connectivity index (χ1) is 6.66. The van der Waals surface area contributed by atoms with Crippen LogP contribution in [0.3, 0.4) is 0 Å². The standard InChI is InChI=1S/C11H17NO2/c1-8(2)10-6-4-5-9(11(10)13)7-12-14-3/h4-6,8,12-13H,7H2,1-3H3. The molecule has 0 saturated heterocycles. The van der Waals surface area contributed by atoms with Crippen LogP contribution in [0, 0.1) is 0 Å². The van der Waals surface area contributed by atoms with Gasteiger partial charge in [-0.05, 0) is 11.5 Å². The van der Waals surface area contributed by atoms with E-state index >= 15 is 0 Å². The summed E-state index contributed by atoms with van der Waals surface area (Å²) in [6.07, 6.45) is 0. The summed E-state index contributed by atoms with van der Waals surface area (Å²) in [5.41, 5.74) is 4.54. The van der Waals surface area contributed by atoms with Crippen molar-refractivity contribution in [3.8, 4) is 5.75 Å². The van der Waals surface area contributed by atoms with Crippen LogP contribution in [-0.4, -0.2) is 12.2 Å². The smallest absolute Gasteiger partial charge is 0.123 e. The van der Waals surface area contributed by atoms with Gasteiger partial charge in [0.2, 0.25) is 0 Å². The van der Waals surface area contributed by atoms with E-state index in [1.165, 1.54) is 0 Å². The zero-order valence-electron chi connectivity index (χ0n) is 8.87. The molecule has 0 unspecified atom stereocenters. The van der Waals surface area contributed by atoms with E-state index in [1.807, 2.05) is 18.2 Å². The Morgan fingerprint density at radius 3 is 2.71 bits per heavy atom. The lowest BCUT2D eigenvalue weighted by Gasteiger charge is -2.12. The normalized spacial score (nSPS) is 10.9. The molecule has 3 heteroatoms. The summed E-state index contributed by atoms with van der Waals surface area (Å²) < 4.78 is 0. The first-order valence-corrected chi connectivity index (χ1v) is 4.73. The lowest BCUT2D eigenvalue weighted by Crippen LogP contribution is -2.11. The summed E-state index contributed by atoms with van der Waals surface area (Å²) >= 11 is 0. The predicted molar refractivity (Wildman–Crippen MR) is 56.0 cm³/mol. The SMILES string of the molecule is CONCc1cccc(C(C)C)c1O. The largest absolute Gasteiger partial charge is 0.507 e. The molecule has 2 N–H and O–H groups in total. The molecule has 14 heavy (non-hydrogen) atoms. The predicted octanol–water partition coefficient (Wildman–Crippen LogP) is 2.17. The maximum Gasteiger partial charge on any atom is 0.123 e. The number of rotatable bonds is 4. The average Bonchev–Trinajstić information content (AvgIpc) is 2.16. The van der Waals surface area contributed by atoms with Gasteiger partial charge in [0.25, 0.3) is 0 Å². The van der Waals surface area contributed by atoms with Gasteiger partial charge in [-0.3, -0.25) is 0 Å². The summed E-state index contributed by atoms with van der Waals surface area (Å²) in [6, 6.07) is 5.77. The van der Waals surface area contributed by atoms with Gasteiger partial charge in [0.1, 0.15) is 5.75 Å². The molecule has 0 saturated carbocycles. The average molecular weight is 195 g/mol. The number of benzene rings is 1. The highest BCUT2D eigenvalue weighted by Gasteiger charge is 2.09. The molecular formula is C11H17NO2. The molecule has 1 aromatic carbocycles. The summed E-state index contributed by atoms with van der Waals surface area (Å²) in [7, 11) is 1.56. The molecule has 0 bridgehead atoms. The summed E-state index contributed by atoms with van der Waals surface area (Å²) in [5, 5.41) is 9.89. The number of para-hydroxylation sites is 1. The molecule has 0 heterocycles. The van der Waals surface area contributed by atoms with E-state index in [2.05, 4.69) is 19.3 Å². The van der Waals surface area contributed by atoms with Gasteiger partial charge in [0.15, 0.2) is 0 Å². The molecule has 0 spiro atoms. The first-order valence-electron chi connectivity index (χ1n) is 4.73. The molecular weight excluding hydrogens is 178 g/mol. The Morgan fingerprint density at radius 2 is 2.14 bits per heavy atom. The van der Waals surface area contributed by atoms with E-state index in [0.717, 1.165) is 11.1 Å². The Labute approximate surface area is 84.7 Å². The monoisotopic (exact) mass is 195 g/mol. The zero-order chi connectivity index (χ0) is 10.6. The third-order valence-corrected chi connectivity index (χ3v) is 2.18. The second-order valence-electron chi connectivity index (χ2n) is 3.53. The molecule has 78 valence electrons. The molecule has 0 atom stereocenters. The number of aromatic hydroxyl groups is 1. The van der Waals surface area contributed by atoms with Crippen LogP contribution in [0.5, 0.6) is 5.75 Å². The van der Waals surface area contributed by atoms with Crippen LogP contribution in [0.15, 0.2) is 18.2 Å². The van der Waals surface area contributed by atoms with Crippen molar-refractivity contribution >= 4 is 0 Å². The third kappa shape index (κ3) is 2.47. The fourth-order valence-electron chi connectivity index (χ4n) is 1.37. The Hall–Kier alpha value is -1.06. The van der Waals surface area contributed by atoms with Crippen LogP contribution in [0.1, 0.15) is 30.9 Å². The fourth-order valence-corrected chi connectivity index (χ4v) is 1.37. The molecule has 1 aromatic rings. The second-order valence-corrected chi connectivity index (χ2v) is 3.53. The van der Waals surface area contributed by atoms with Crippen molar-refractivity contribution < 1.29 is 9.94 Å². The molecule has 0 aliphatic heterocycles. The van der Waals surface area contributed by atoms with E-state index < -0.39 is 0 Å². The van der Waals surface area contributed by atoms with E-state index in [4.69, 9.17) is 4.84 Å². The minimum absolute atomic E-state index is 0.331. The molecule has 0 fully saturated rings. The summed E-state index contributed by atoms with van der Waals surface area (Å²) in [4.78, 5) is 4.74. The van der Waals surface area contributed by atoms with Gasteiger partial charge in [0.05, 0.1) is 7.11 Å². The first kappa shape index (κ1) is 11.0. The van der Waals surface area contributed by atoms with Gasteiger partial charge in [-0.1, -0.05) is 32.0 Å². The van der Waals surface area contributed by atoms with Crippen LogP contribution < -0.4 is 5.48 Å². The quantitative estimate of drug-likeness (QED) is 0.723. The number of hydroxylamine groups is 1. The van der Waals surface area contributed by atoms with Crippen molar-refractivity contribution in [3.05, 3.63) is 29.3 Å². The van der Waals surface area contributed by atoms with Gasteiger partial charge in [0, 0.05) is 12.1 Å². The van der Waals surface area contributed by atoms with Gasteiger partial charge < -0.3 is 9.94 Å². The molecule has 3 nitrogen and oxygen atoms in total. The topological polar surface area (TPSA) is 41.5 Å². The van der Waals surface area contributed by atoms with E-state index in [-0.39, 0.29) is 0 Å². The van der Waals surface area contributed by atoms with Crippen LogP contribution in [-0.2, 0) is 11.4 Å². The lowest BCUT2D eigenvalue weighted by molar-refractivity contribution is 0.0861. The van der Waals surface area contributed by atoms with Crippen LogP contribution >= 0.6 is 0 Å². The van der Waals surface area contributed by atoms with Crippen molar-refractivity contribution in [1.82, 2.24) is 5.48 Å². The van der Waals surface area contributed by atoms with Gasteiger partial charge in [-0.25, -0.2) is 0 Å². The Bertz CT molecular complexity index is 297. The van der Waals surface area contributed by atoms with E-state index in [1.54, 1.807) is 7.11 Å². The summed E-state index contributed by atoms with van der Waals surface area (Å²) in [6.45, 7) is 4.63. The Morgan fingerprint density at radius 1 is 1.43 bits per heavy atom. The van der Waals surface area contributed by atoms with Crippen LogP contribution in [0.4, 0.5) is 0 Å². The zero-order valence-corrected chi connectivity index (χ0v) is 8.87. The van der Waals surface area contributed by atoms with Crippen molar-refractivity contribution in [1.29, 1.82) is 0 Å². The summed E-state index contributed by atoms with van der Waals surface area (Å²) in [5.74, 6) is 0.699. The number of nitrogens with one attached hydrogen (secondary N) is 1. The van der Waals surface area contributed by atoms with Crippen molar-refractivity contribution in [3.63, 3.8) is 0 Å². The molecule has 0 radical (unpaired) electrons. The maximum absolute atomic E-state index is 9.89. The fraction of sp³-hybridized carbons (Fsp3) is 0.455. The van der Waals surface area contributed by atoms with Gasteiger partial charge in [-0.15, -0.1) is 0 Å². The Balaban J connectivity index is 2.89. The number of phenols is 1. The van der Waals surface area contributed by atoms with Crippen molar-refractivity contribution in [2.75, 3.05) is 7.11 Å². The number of hydrogen-bond donors (Lipinski definition) is 2. The van der Waals surface area contributed by atoms with Crippen LogP contribution in [0.2, 0.25) is 0 Å². The highest BCUT2D eigenvalue weighted by atomic mass is 16.6. The second kappa shape index (κ2) is 4.98. The van der Waals surface area contributed by atoms with Crippen molar-refractivity contribution in [2.24, 2.45) is 0 Å².